The number of rotatable bonds is 5. The maximum absolute atomic E-state index is 13.1. The van der Waals surface area contributed by atoms with Crippen molar-refractivity contribution in [2.45, 2.75) is 20.4 Å². The van der Waals surface area contributed by atoms with E-state index in [1.807, 2.05) is 32.0 Å². The summed E-state index contributed by atoms with van der Waals surface area (Å²) in [7, 11) is 0. The number of hydrogen-bond donors (Lipinski definition) is 2. The highest BCUT2D eigenvalue weighted by atomic mass is 16.3. The molecule has 2 aromatic heterocycles. The summed E-state index contributed by atoms with van der Waals surface area (Å²) in [6, 6.07) is 18.0. The van der Waals surface area contributed by atoms with Gasteiger partial charge in [-0.05, 0) is 56.3 Å². The van der Waals surface area contributed by atoms with Crippen molar-refractivity contribution in [3.63, 3.8) is 0 Å². The normalized spacial score (nSPS) is 10.7. The van der Waals surface area contributed by atoms with Gasteiger partial charge >= 0.3 is 0 Å². The molecule has 2 amide bonds. The Hall–Kier alpha value is -3.93. The Morgan fingerprint density at radius 1 is 0.933 bits per heavy atom. The number of fused-ring (bicyclic) bond motifs is 1. The first-order chi connectivity index (χ1) is 14.5. The van der Waals surface area contributed by atoms with E-state index >= 15 is 0 Å². The van der Waals surface area contributed by atoms with Crippen molar-refractivity contribution in [3.05, 3.63) is 95.1 Å². The van der Waals surface area contributed by atoms with E-state index in [4.69, 9.17) is 4.42 Å². The van der Waals surface area contributed by atoms with Crippen LogP contribution < -0.4 is 10.6 Å². The molecule has 2 aromatic carbocycles. The number of hydrogen-bond acceptors (Lipinski definition) is 4. The van der Waals surface area contributed by atoms with Gasteiger partial charge in [-0.15, -0.1) is 0 Å². The van der Waals surface area contributed by atoms with Gasteiger partial charge in [-0.25, -0.2) is 0 Å². The zero-order chi connectivity index (χ0) is 21.1. The topological polar surface area (TPSA) is 84.2 Å². The predicted octanol–water partition coefficient (Wildman–Crippen LogP) is 4.63. The largest absolute Gasteiger partial charge is 0.467 e. The van der Waals surface area contributed by atoms with E-state index in [9.17, 15) is 9.59 Å². The number of furan rings is 1. The number of pyridine rings is 1. The lowest BCUT2D eigenvalue weighted by atomic mass is 10.0. The van der Waals surface area contributed by atoms with Crippen molar-refractivity contribution >= 4 is 28.4 Å². The molecule has 0 radical (unpaired) electrons. The minimum atomic E-state index is -0.297. The molecule has 150 valence electrons. The van der Waals surface area contributed by atoms with Crippen LogP contribution >= 0.6 is 0 Å². The Bertz CT molecular complexity index is 1230. The number of nitrogens with zero attached hydrogens (tertiary/aromatic N) is 1. The number of aromatic nitrogens is 1. The van der Waals surface area contributed by atoms with Gasteiger partial charge in [0.15, 0.2) is 0 Å². The van der Waals surface area contributed by atoms with E-state index in [0.29, 0.717) is 22.6 Å². The number of nitrogens with one attached hydrogen (secondary N) is 2. The Balaban J connectivity index is 1.61. The summed E-state index contributed by atoms with van der Waals surface area (Å²) in [5, 5.41) is 6.47. The molecule has 0 aliphatic rings. The molecule has 0 atom stereocenters. The van der Waals surface area contributed by atoms with Gasteiger partial charge in [-0.1, -0.05) is 23.8 Å². The minimum Gasteiger partial charge on any atom is -0.467 e. The Morgan fingerprint density at radius 2 is 1.77 bits per heavy atom. The van der Waals surface area contributed by atoms with Gasteiger partial charge in [-0.2, -0.15) is 0 Å². The fourth-order valence-corrected chi connectivity index (χ4v) is 3.32. The zero-order valence-corrected chi connectivity index (χ0v) is 16.7. The van der Waals surface area contributed by atoms with Crippen LogP contribution in [0.4, 0.5) is 5.69 Å². The number of benzene rings is 2. The number of amides is 2. The molecule has 0 bridgehead atoms. The Kier molecular flexibility index (Phi) is 5.30. The van der Waals surface area contributed by atoms with Crippen molar-refractivity contribution in [2.24, 2.45) is 0 Å². The molecule has 0 unspecified atom stereocenters. The van der Waals surface area contributed by atoms with Crippen LogP contribution in [0.1, 0.15) is 37.7 Å². The van der Waals surface area contributed by atoms with E-state index in [1.54, 1.807) is 48.7 Å². The summed E-state index contributed by atoms with van der Waals surface area (Å²) in [4.78, 5) is 30.3. The molecule has 0 spiro atoms. The molecule has 2 heterocycles. The van der Waals surface area contributed by atoms with Crippen molar-refractivity contribution in [1.29, 1.82) is 0 Å². The van der Waals surface area contributed by atoms with Crippen LogP contribution in [0.15, 0.2) is 71.3 Å². The lowest BCUT2D eigenvalue weighted by Crippen LogP contribution is -2.24. The van der Waals surface area contributed by atoms with Crippen molar-refractivity contribution in [3.8, 4) is 0 Å². The lowest BCUT2D eigenvalue weighted by molar-refractivity contribution is 0.0949. The standard InChI is InChI=1S/C24H21N3O3/c1-15-9-10-22-19(12-15)20(13-16(2)26-22)24(29)27-21-8-4-3-7-18(21)23(28)25-14-17-6-5-11-30-17/h3-13H,14H2,1-2H3,(H,25,28)(H,27,29). The van der Waals surface area contributed by atoms with Crippen LogP contribution in [0.5, 0.6) is 0 Å². The minimum absolute atomic E-state index is 0.265. The molecule has 0 fully saturated rings. The summed E-state index contributed by atoms with van der Waals surface area (Å²) in [5.41, 5.74) is 3.89. The number of carbonyl (C=O) groups excluding carboxylic acids is 2. The molecule has 2 N–H and O–H groups in total. The van der Waals surface area contributed by atoms with Gasteiger partial charge in [0.05, 0.1) is 35.1 Å². The summed E-state index contributed by atoms with van der Waals surface area (Å²) in [6.07, 6.45) is 1.55. The van der Waals surface area contributed by atoms with Crippen LogP contribution in [0.2, 0.25) is 0 Å². The third-order valence-corrected chi connectivity index (χ3v) is 4.76. The highest BCUT2D eigenvalue weighted by Crippen LogP contribution is 2.23. The highest BCUT2D eigenvalue weighted by Gasteiger charge is 2.17. The Labute approximate surface area is 173 Å². The molecule has 0 aliphatic heterocycles. The van der Waals surface area contributed by atoms with Gasteiger partial charge in [0, 0.05) is 11.1 Å². The van der Waals surface area contributed by atoms with Crippen molar-refractivity contribution < 1.29 is 14.0 Å². The second-order valence-corrected chi connectivity index (χ2v) is 7.09. The average molecular weight is 399 g/mol. The fraction of sp³-hybridized carbons (Fsp3) is 0.125. The molecule has 30 heavy (non-hydrogen) atoms. The predicted molar refractivity (Wildman–Crippen MR) is 115 cm³/mol. The van der Waals surface area contributed by atoms with E-state index in [-0.39, 0.29) is 18.4 Å². The molecular weight excluding hydrogens is 378 g/mol. The van der Waals surface area contributed by atoms with Gasteiger partial charge in [0.25, 0.3) is 11.8 Å². The molecule has 6 nitrogen and oxygen atoms in total. The fourth-order valence-electron chi connectivity index (χ4n) is 3.32. The van der Waals surface area contributed by atoms with Gasteiger partial charge in [0.1, 0.15) is 5.76 Å². The number of carbonyl (C=O) groups is 2. The molecule has 0 saturated carbocycles. The summed E-state index contributed by atoms with van der Waals surface area (Å²) < 4.78 is 5.24. The van der Waals surface area contributed by atoms with Crippen LogP contribution in [0, 0.1) is 13.8 Å². The van der Waals surface area contributed by atoms with Crippen molar-refractivity contribution in [1.82, 2.24) is 10.3 Å². The van der Waals surface area contributed by atoms with E-state index in [2.05, 4.69) is 15.6 Å². The summed E-state index contributed by atoms with van der Waals surface area (Å²) in [5.74, 6) is 0.0651. The maximum Gasteiger partial charge on any atom is 0.256 e. The first-order valence-electron chi connectivity index (χ1n) is 9.60. The third kappa shape index (κ3) is 4.07. The molecule has 4 rings (SSSR count). The molecular formula is C24H21N3O3. The van der Waals surface area contributed by atoms with Gasteiger partial charge in [-0.3, -0.25) is 14.6 Å². The smallest absolute Gasteiger partial charge is 0.256 e. The molecule has 4 aromatic rings. The summed E-state index contributed by atoms with van der Waals surface area (Å²) >= 11 is 0. The quantitative estimate of drug-likeness (QED) is 0.513. The number of anilines is 1. The second-order valence-electron chi connectivity index (χ2n) is 7.09. The van der Waals surface area contributed by atoms with Crippen LogP contribution in [-0.2, 0) is 6.54 Å². The maximum atomic E-state index is 13.1. The van der Waals surface area contributed by atoms with Crippen LogP contribution in [0.3, 0.4) is 0 Å². The zero-order valence-electron chi connectivity index (χ0n) is 16.7. The van der Waals surface area contributed by atoms with Gasteiger partial charge in [0.2, 0.25) is 0 Å². The first kappa shape index (κ1) is 19.4. The molecule has 0 aliphatic carbocycles. The van der Waals surface area contributed by atoms with Gasteiger partial charge < -0.3 is 15.1 Å². The van der Waals surface area contributed by atoms with Crippen LogP contribution in [-0.4, -0.2) is 16.8 Å². The lowest BCUT2D eigenvalue weighted by Gasteiger charge is -2.13. The van der Waals surface area contributed by atoms with E-state index in [1.165, 1.54) is 0 Å². The first-order valence-corrected chi connectivity index (χ1v) is 9.60. The monoisotopic (exact) mass is 399 g/mol. The molecule has 0 saturated heterocycles. The van der Waals surface area contributed by atoms with Crippen molar-refractivity contribution in [2.75, 3.05) is 5.32 Å². The van der Waals surface area contributed by atoms with E-state index < -0.39 is 0 Å². The second kappa shape index (κ2) is 8.21. The number of para-hydroxylation sites is 1. The Morgan fingerprint density at radius 3 is 2.57 bits per heavy atom. The third-order valence-electron chi connectivity index (χ3n) is 4.76. The van der Waals surface area contributed by atoms with Crippen LogP contribution in [0.25, 0.3) is 10.9 Å². The highest BCUT2D eigenvalue weighted by molar-refractivity contribution is 6.14. The average Bonchev–Trinajstić information content (AvgIpc) is 3.26. The van der Waals surface area contributed by atoms with E-state index in [0.717, 1.165) is 22.2 Å². The number of aryl methyl sites for hydroxylation is 2. The molecule has 6 heteroatoms. The summed E-state index contributed by atoms with van der Waals surface area (Å²) in [6.45, 7) is 4.09. The SMILES string of the molecule is Cc1ccc2nc(C)cc(C(=O)Nc3ccccc3C(=O)NCc3ccco3)c2c1.